The van der Waals surface area contributed by atoms with Crippen LogP contribution in [0.1, 0.15) is 64.7 Å². The molecule has 16 heavy (non-hydrogen) atoms. The summed E-state index contributed by atoms with van der Waals surface area (Å²) in [6.07, 6.45) is 10.4. The molecule has 3 nitrogen and oxygen atoms in total. The molecule has 0 heterocycles. The van der Waals surface area contributed by atoms with E-state index in [0.717, 1.165) is 25.7 Å². The van der Waals surface area contributed by atoms with Gasteiger partial charge in [-0.2, -0.15) is 0 Å². The first kappa shape index (κ1) is 13.5. The SMILES string of the molecule is CCCC(NC1CCCCCCC1)C(=O)O. The van der Waals surface area contributed by atoms with Crippen molar-refractivity contribution in [3.63, 3.8) is 0 Å². The van der Waals surface area contributed by atoms with Gasteiger partial charge in [-0.25, -0.2) is 0 Å². The van der Waals surface area contributed by atoms with Crippen molar-refractivity contribution in [2.24, 2.45) is 0 Å². The van der Waals surface area contributed by atoms with Crippen molar-refractivity contribution >= 4 is 5.97 Å². The van der Waals surface area contributed by atoms with E-state index >= 15 is 0 Å². The van der Waals surface area contributed by atoms with Crippen LogP contribution in [0.5, 0.6) is 0 Å². The highest BCUT2D eigenvalue weighted by molar-refractivity contribution is 5.73. The monoisotopic (exact) mass is 227 g/mol. The normalized spacial score (nSPS) is 21.1. The van der Waals surface area contributed by atoms with Crippen molar-refractivity contribution in [1.29, 1.82) is 0 Å². The van der Waals surface area contributed by atoms with Crippen LogP contribution in [-0.4, -0.2) is 23.2 Å². The molecule has 1 atom stereocenters. The Morgan fingerprint density at radius 1 is 1.25 bits per heavy atom. The molecule has 0 amide bonds. The molecule has 1 aliphatic rings. The van der Waals surface area contributed by atoms with Crippen LogP contribution >= 0.6 is 0 Å². The minimum Gasteiger partial charge on any atom is -0.480 e. The standard InChI is InChI=1S/C13H25NO2/c1-2-8-12(13(15)16)14-11-9-6-4-3-5-7-10-11/h11-12,14H,2-10H2,1H3,(H,15,16). The molecule has 2 N–H and O–H groups in total. The lowest BCUT2D eigenvalue weighted by atomic mass is 9.96. The predicted octanol–water partition coefficient (Wildman–Crippen LogP) is 2.94. The maximum atomic E-state index is 11.1. The molecule has 0 saturated heterocycles. The second-order valence-corrected chi connectivity index (χ2v) is 4.89. The summed E-state index contributed by atoms with van der Waals surface area (Å²) < 4.78 is 0. The molecule has 0 spiro atoms. The number of nitrogens with one attached hydrogen (secondary N) is 1. The summed E-state index contributed by atoms with van der Waals surface area (Å²) in [7, 11) is 0. The van der Waals surface area contributed by atoms with E-state index in [4.69, 9.17) is 5.11 Å². The van der Waals surface area contributed by atoms with E-state index in [9.17, 15) is 4.79 Å². The van der Waals surface area contributed by atoms with Gasteiger partial charge < -0.3 is 10.4 Å². The highest BCUT2D eigenvalue weighted by atomic mass is 16.4. The number of carboxylic acids is 1. The molecular formula is C13H25NO2. The topological polar surface area (TPSA) is 49.3 Å². The lowest BCUT2D eigenvalue weighted by molar-refractivity contribution is -0.140. The maximum Gasteiger partial charge on any atom is 0.320 e. The summed E-state index contributed by atoms with van der Waals surface area (Å²) in [5, 5.41) is 12.4. The van der Waals surface area contributed by atoms with Gasteiger partial charge in [0.25, 0.3) is 0 Å². The smallest absolute Gasteiger partial charge is 0.320 e. The number of carbonyl (C=O) groups is 1. The molecule has 1 aliphatic carbocycles. The molecule has 1 fully saturated rings. The zero-order chi connectivity index (χ0) is 11.8. The van der Waals surface area contributed by atoms with E-state index in [-0.39, 0.29) is 6.04 Å². The van der Waals surface area contributed by atoms with E-state index in [1.54, 1.807) is 0 Å². The van der Waals surface area contributed by atoms with Crippen LogP contribution in [0.3, 0.4) is 0 Å². The molecule has 0 aromatic rings. The van der Waals surface area contributed by atoms with Gasteiger partial charge in [0.1, 0.15) is 6.04 Å². The van der Waals surface area contributed by atoms with E-state index in [0.29, 0.717) is 6.04 Å². The quantitative estimate of drug-likeness (QED) is 0.759. The first-order chi connectivity index (χ1) is 7.74. The minimum absolute atomic E-state index is 0.338. The summed E-state index contributed by atoms with van der Waals surface area (Å²) in [6.45, 7) is 2.04. The zero-order valence-electron chi connectivity index (χ0n) is 10.4. The van der Waals surface area contributed by atoms with Crippen molar-refractivity contribution in [3.05, 3.63) is 0 Å². The molecule has 0 radical (unpaired) electrons. The lowest BCUT2D eigenvalue weighted by Gasteiger charge is -2.24. The van der Waals surface area contributed by atoms with Gasteiger partial charge in [0.2, 0.25) is 0 Å². The Bertz CT molecular complexity index is 198. The van der Waals surface area contributed by atoms with Crippen molar-refractivity contribution in [2.75, 3.05) is 0 Å². The highest BCUT2D eigenvalue weighted by Gasteiger charge is 2.20. The average molecular weight is 227 g/mol. The van der Waals surface area contributed by atoms with Crippen molar-refractivity contribution in [1.82, 2.24) is 5.32 Å². The maximum absolute atomic E-state index is 11.1. The van der Waals surface area contributed by atoms with Gasteiger partial charge in [-0.15, -0.1) is 0 Å². The Morgan fingerprint density at radius 3 is 2.31 bits per heavy atom. The first-order valence-electron chi connectivity index (χ1n) is 6.73. The Balaban J connectivity index is 2.38. The molecule has 94 valence electrons. The fourth-order valence-electron chi connectivity index (χ4n) is 2.47. The van der Waals surface area contributed by atoms with Crippen molar-refractivity contribution in [3.8, 4) is 0 Å². The third-order valence-electron chi connectivity index (χ3n) is 3.42. The number of hydrogen-bond acceptors (Lipinski definition) is 2. The van der Waals surface area contributed by atoms with Crippen LogP contribution in [0.25, 0.3) is 0 Å². The molecule has 3 heteroatoms. The fourth-order valence-corrected chi connectivity index (χ4v) is 2.47. The van der Waals surface area contributed by atoms with Crippen LogP contribution in [-0.2, 0) is 4.79 Å². The van der Waals surface area contributed by atoms with Gasteiger partial charge in [0.15, 0.2) is 0 Å². The van der Waals surface area contributed by atoms with Crippen molar-refractivity contribution in [2.45, 2.75) is 76.8 Å². The third-order valence-corrected chi connectivity index (χ3v) is 3.42. The summed E-state index contributed by atoms with van der Waals surface area (Å²) in [6, 6.07) is 0.0855. The highest BCUT2D eigenvalue weighted by Crippen LogP contribution is 2.18. The van der Waals surface area contributed by atoms with Gasteiger partial charge in [0, 0.05) is 6.04 Å². The first-order valence-corrected chi connectivity index (χ1v) is 6.73. The Hall–Kier alpha value is -0.570. The van der Waals surface area contributed by atoms with Gasteiger partial charge in [-0.1, -0.05) is 45.4 Å². The Labute approximate surface area is 98.6 Å². The number of hydrogen-bond donors (Lipinski definition) is 2. The summed E-state index contributed by atoms with van der Waals surface area (Å²) >= 11 is 0. The van der Waals surface area contributed by atoms with Crippen molar-refractivity contribution < 1.29 is 9.90 Å². The summed E-state index contributed by atoms with van der Waals surface area (Å²) in [4.78, 5) is 11.1. The van der Waals surface area contributed by atoms with E-state index in [1.165, 1.54) is 32.1 Å². The van der Waals surface area contributed by atoms with Gasteiger partial charge >= 0.3 is 5.97 Å². The number of aliphatic carboxylic acids is 1. The second kappa shape index (κ2) is 7.66. The third kappa shape index (κ3) is 4.97. The molecule has 0 aliphatic heterocycles. The van der Waals surface area contributed by atoms with Crippen LogP contribution in [0.4, 0.5) is 0 Å². The van der Waals surface area contributed by atoms with E-state index in [2.05, 4.69) is 5.32 Å². The van der Waals surface area contributed by atoms with Gasteiger partial charge in [-0.3, -0.25) is 4.79 Å². The number of rotatable bonds is 5. The van der Waals surface area contributed by atoms with E-state index < -0.39 is 5.97 Å². The van der Waals surface area contributed by atoms with Gasteiger partial charge in [-0.05, 0) is 19.3 Å². The molecular weight excluding hydrogens is 202 g/mol. The Kier molecular flexibility index (Phi) is 6.46. The molecule has 0 bridgehead atoms. The molecule has 0 aromatic carbocycles. The molecule has 1 saturated carbocycles. The second-order valence-electron chi connectivity index (χ2n) is 4.89. The molecule has 0 aromatic heterocycles. The van der Waals surface area contributed by atoms with E-state index in [1.807, 2.05) is 6.92 Å². The van der Waals surface area contributed by atoms with Crippen LogP contribution in [0, 0.1) is 0 Å². The van der Waals surface area contributed by atoms with Crippen LogP contribution in [0.15, 0.2) is 0 Å². The summed E-state index contributed by atoms with van der Waals surface area (Å²) in [5.74, 6) is -0.691. The van der Waals surface area contributed by atoms with Crippen LogP contribution < -0.4 is 5.32 Å². The number of carboxylic acid groups (broad SMARTS) is 1. The largest absolute Gasteiger partial charge is 0.480 e. The van der Waals surface area contributed by atoms with Crippen LogP contribution in [0.2, 0.25) is 0 Å². The molecule has 1 unspecified atom stereocenters. The summed E-state index contributed by atoms with van der Waals surface area (Å²) in [5.41, 5.74) is 0. The predicted molar refractivity (Wildman–Crippen MR) is 65.6 cm³/mol. The van der Waals surface area contributed by atoms with Gasteiger partial charge in [0.05, 0.1) is 0 Å². The lowest BCUT2D eigenvalue weighted by Crippen LogP contribution is -2.43. The minimum atomic E-state index is -0.691. The average Bonchev–Trinajstić information content (AvgIpc) is 2.20. The fraction of sp³-hybridized carbons (Fsp3) is 0.923. The molecule has 1 rings (SSSR count). The zero-order valence-corrected chi connectivity index (χ0v) is 10.4. The Morgan fingerprint density at radius 2 is 1.81 bits per heavy atom.